The van der Waals surface area contributed by atoms with E-state index in [1.165, 1.54) is 12.8 Å². The van der Waals surface area contributed by atoms with Gasteiger partial charge in [0.2, 0.25) is 5.91 Å². The van der Waals surface area contributed by atoms with Gasteiger partial charge < -0.3 is 5.32 Å². The molecule has 0 aromatic heterocycles. The van der Waals surface area contributed by atoms with E-state index >= 15 is 0 Å². The smallest absolute Gasteiger partial charge is 0.230 e. The van der Waals surface area contributed by atoms with Crippen LogP contribution in [0.15, 0.2) is 0 Å². The molecule has 2 nitrogen and oxygen atoms in total. The lowest BCUT2D eigenvalue weighted by Gasteiger charge is -1.95. The first-order valence-electron chi connectivity index (χ1n) is 2.68. The number of carbonyl (C=O) groups is 1. The minimum absolute atomic E-state index is 0.174. The quantitative estimate of drug-likeness (QED) is 0.544. The summed E-state index contributed by atoms with van der Waals surface area (Å²) in [4.78, 5) is 10.5. The molecule has 8 heavy (non-hydrogen) atoms. The van der Waals surface area contributed by atoms with Gasteiger partial charge in [0.15, 0.2) is 0 Å². The normalized spacial score (nSPS) is 18.1. The molecule has 0 bridgehead atoms. The van der Waals surface area contributed by atoms with Crippen molar-refractivity contribution in [1.82, 2.24) is 5.32 Å². The fraction of sp³-hybridized carbons (Fsp3) is 0.800. The number of amides is 1. The average Bonchev–Trinajstić information content (AvgIpc) is 2.50. The molecule has 0 saturated heterocycles. The van der Waals surface area contributed by atoms with Crippen LogP contribution >= 0.6 is 22.6 Å². The number of hydrogen-bond acceptors (Lipinski definition) is 1. The van der Waals surface area contributed by atoms with Crippen molar-refractivity contribution in [2.24, 2.45) is 0 Å². The SMILES string of the molecule is O=C(CI)NC1CC1. The van der Waals surface area contributed by atoms with Crippen LogP contribution in [0.5, 0.6) is 0 Å². The van der Waals surface area contributed by atoms with Crippen LogP contribution in [0.2, 0.25) is 0 Å². The van der Waals surface area contributed by atoms with E-state index in [9.17, 15) is 4.79 Å². The zero-order valence-electron chi connectivity index (χ0n) is 4.48. The number of rotatable bonds is 2. The molecular weight excluding hydrogens is 217 g/mol. The lowest BCUT2D eigenvalue weighted by Crippen LogP contribution is -2.25. The average molecular weight is 225 g/mol. The number of carbonyl (C=O) groups excluding carboxylic acids is 1. The third-order valence-electron chi connectivity index (χ3n) is 1.06. The van der Waals surface area contributed by atoms with Gasteiger partial charge in [-0.1, -0.05) is 22.6 Å². The van der Waals surface area contributed by atoms with Gasteiger partial charge in [0.25, 0.3) is 0 Å². The highest BCUT2D eigenvalue weighted by molar-refractivity contribution is 14.1. The minimum atomic E-state index is 0.174. The Bertz CT molecular complexity index is 101. The second-order valence-electron chi connectivity index (χ2n) is 1.98. The highest BCUT2D eigenvalue weighted by Gasteiger charge is 2.22. The van der Waals surface area contributed by atoms with Crippen LogP contribution in [0.25, 0.3) is 0 Å². The number of halogens is 1. The molecule has 0 unspecified atom stereocenters. The largest absolute Gasteiger partial charge is 0.353 e. The van der Waals surface area contributed by atoms with E-state index in [4.69, 9.17) is 0 Å². The van der Waals surface area contributed by atoms with Gasteiger partial charge in [0.05, 0.1) is 4.43 Å². The molecule has 1 rings (SSSR count). The predicted octanol–water partition coefficient (Wildman–Crippen LogP) is 0.700. The molecule has 0 radical (unpaired) electrons. The summed E-state index contributed by atoms with van der Waals surface area (Å²) in [5, 5.41) is 2.86. The molecule has 0 heterocycles. The zero-order chi connectivity index (χ0) is 5.98. The Labute approximate surface area is 62.2 Å². The summed E-state index contributed by atoms with van der Waals surface area (Å²) in [6.07, 6.45) is 2.37. The Morgan fingerprint density at radius 1 is 1.75 bits per heavy atom. The second-order valence-corrected chi connectivity index (χ2v) is 2.74. The van der Waals surface area contributed by atoms with Gasteiger partial charge in [-0.3, -0.25) is 4.79 Å². The molecule has 0 aliphatic heterocycles. The van der Waals surface area contributed by atoms with Gasteiger partial charge in [0.1, 0.15) is 0 Å². The standard InChI is InChI=1S/C5H8INO/c6-3-5(8)7-4-1-2-4/h4H,1-3H2,(H,7,8). The summed E-state index contributed by atoms with van der Waals surface area (Å²) in [5.41, 5.74) is 0. The molecule has 1 fully saturated rings. The second kappa shape index (κ2) is 2.66. The van der Waals surface area contributed by atoms with Crippen molar-refractivity contribution in [2.75, 3.05) is 4.43 Å². The lowest BCUT2D eigenvalue weighted by molar-refractivity contribution is -0.118. The Morgan fingerprint density at radius 2 is 2.38 bits per heavy atom. The van der Waals surface area contributed by atoms with E-state index in [0.29, 0.717) is 10.5 Å². The molecule has 0 aromatic carbocycles. The van der Waals surface area contributed by atoms with Gasteiger partial charge in [-0.15, -0.1) is 0 Å². The van der Waals surface area contributed by atoms with E-state index in [0.717, 1.165) is 0 Å². The molecule has 0 spiro atoms. The van der Waals surface area contributed by atoms with Crippen LogP contribution in [-0.2, 0) is 4.79 Å². The van der Waals surface area contributed by atoms with E-state index in [1.807, 2.05) is 0 Å². The first-order chi connectivity index (χ1) is 3.83. The minimum Gasteiger partial charge on any atom is -0.353 e. The number of nitrogens with one attached hydrogen (secondary N) is 1. The fourth-order valence-electron chi connectivity index (χ4n) is 0.494. The zero-order valence-corrected chi connectivity index (χ0v) is 6.64. The van der Waals surface area contributed by atoms with Crippen LogP contribution < -0.4 is 5.32 Å². The number of hydrogen-bond donors (Lipinski definition) is 1. The van der Waals surface area contributed by atoms with Gasteiger partial charge in [-0.2, -0.15) is 0 Å². The summed E-state index contributed by atoms with van der Waals surface area (Å²) < 4.78 is 0.592. The van der Waals surface area contributed by atoms with E-state index in [2.05, 4.69) is 27.9 Å². The lowest BCUT2D eigenvalue weighted by atomic mass is 10.6. The first kappa shape index (κ1) is 6.32. The van der Waals surface area contributed by atoms with E-state index in [1.54, 1.807) is 0 Å². The maximum Gasteiger partial charge on any atom is 0.230 e. The van der Waals surface area contributed by atoms with Gasteiger partial charge in [-0.05, 0) is 12.8 Å². The van der Waals surface area contributed by atoms with Crippen molar-refractivity contribution in [3.05, 3.63) is 0 Å². The van der Waals surface area contributed by atoms with Crippen molar-refractivity contribution in [3.8, 4) is 0 Å². The molecule has 0 atom stereocenters. The summed E-state index contributed by atoms with van der Waals surface area (Å²) in [6, 6.07) is 0.525. The molecule has 46 valence electrons. The van der Waals surface area contributed by atoms with Crippen molar-refractivity contribution >= 4 is 28.5 Å². The predicted molar refractivity (Wildman–Crippen MR) is 40.1 cm³/mol. The van der Waals surface area contributed by atoms with Crippen molar-refractivity contribution in [3.63, 3.8) is 0 Å². The highest BCUT2D eigenvalue weighted by atomic mass is 127. The molecule has 1 N–H and O–H groups in total. The highest BCUT2D eigenvalue weighted by Crippen LogP contribution is 2.18. The van der Waals surface area contributed by atoms with E-state index in [-0.39, 0.29) is 5.91 Å². The fourth-order valence-corrected chi connectivity index (χ4v) is 0.714. The third-order valence-corrected chi connectivity index (χ3v) is 1.76. The van der Waals surface area contributed by atoms with Crippen LogP contribution in [0, 0.1) is 0 Å². The molecule has 1 saturated carbocycles. The maximum absolute atomic E-state index is 10.5. The summed E-state index contributed by atoms with van der Waals surface area (Å²) >= 11 is 2.06. The molecule has 1 aliphatic carbocycles. The molecule has 1 amide bonds. The summed E-state index contributed by atoms with van der Waals surface area (Å²) in [7, 11) is 0. The molecular formula is C5H8INO. The van der Waals surface area contributed by atoms with Crippen LogP contribution in [0.3, 0.4) is 0 Å². The Kier molecular flexibility index (Phi) is 2.10. The monoisotopic (exact) mass is 225 g/mol. The molecule has 3 heteroatoms. The molecule has 1 aliphatic rings. The topological polar surface area (TPSA) is 29.1 Å². The van der Waals surface area contributed by atoms with Crippen molar-refractivity contribution in [1.29, 1.82) is 0 Å². The van der Waals surface area contributed by atoms with Crippen LogP contribution in [-0.4, -0.2) is 16.4 Å². The van der Waals surface area contributed by atoms with Crippen molar-refractivity contribution in [2.45, 2.75) is 18.9 Å². The van der Waals surface area contributed by atoms with Crippen LogP contribution in [0.4, 0.5) is 0 Å². The first-order valence-corrected chi connectivity index (χ1v) is 4.21. The summed E-state index contributed by atoms with van der Waals surface area (Å²) in [5.74, 6) is 0.174. The van der Waals surface area contributed by atoms with Crippen LogP contribution in [0.1, 0.15) is 12.8 Å². The van der Waals surface area contributed by atoms with E-state index < -0.39 is 0 Å². The molecule has 0 aromatic rings. The van der Waals surface area contributed by atoms with Gasteiger partial charge >= 0.3 is 0 Å². The Morgan fingerprint density at radius 3 is 2.75 bits per heavy atom. The van der Waals surface area contributed by atoms with Gasteiger partial charge in [-0.25, -0.2) is 0 Å². The maximum atomic E-state index is 10.5. The number of alkyl halides is 1. The Balaban J connectivity index is 2.07. The van der Waals surface area contributed by atoms with Gasteiger partial charge in [0, 0.05) is 6.04 Å². The summed E-state index contributed by atoms with van der Waals surface area (Å²) in [6.45, 7) is 0. The third kappa shape index (κ3) is 1.98. The van der Waals surface area contributed by atoms with Crippen molar-refractivity contribution < 1.29 is 4.79 Å². The Hall–Kier alpha value is 0.200.